The Morgan fingerprint density at radius 2 is 1.96 bits per heavy atom. The predicted molar refractivity (Wildman–Crippen MR) is 89.6 cm³/mol. The van der Waals surface area contributed by atoms with Crippen LogP contribution in [0.5, 0.6) is 6.08 Å². The lowest BCUT2D eigenvalue weighted by atomic mass is 10.2. The van der Waals surface area contributed by atoms with Crippen LogP contribution in [-0.2, 0) is 6.54 Å². The monoisotopic (exact) mass is 337 g/mol. The Morgan fingerprint density at radius 3 is 2.84 bits per heavy atom. The van der Waals surface area contributed by atoms with Gasteiger partial charge in [-0.1, -0.05) is 23.3 Å². The number of nitrogen functional groups attached to an aromatic ring is 1. The maximum absolute atomic E-state index is 5.77. The molecule has 0 radical (unpaired) electrons. The van der Waals surface area contributed by atoms with Crippen LogP contribution in [0.4, 0.5) is 5.82 Å². The zero-order valence-corrected chi connectivity index (χ0v) is 13.2. The van der Waals surface area contributed by atoms with Crippen LogP contribution in [0.1, 0.15) is 6.42 Å². The lowest BCUT2D eigenvalue weighted by Crippen LogP contribution is -2.05. The fourth-order valence-corrected chi connectivity index (χ4v) is 2.42. The van der Waals surface area contributed by atoms with E-state index >= 15 is 0 Å². The molecule has 0 amide bonds. The van der Waals surface area contributed by atoms with Gasteiger partial charge in [-0.2, -0.15) is 0 Å². The highest BCUT2D eigenvalue weighted by molar-refractivity contribution is 5.81. The van der Waals surface area contributed by atoms with Crippen molar-refractivity contribution >= 4 is 17.0 Å². The van der Waals surface area contributed by atoms with Crippen molar-refractivity contribution in [3.8, 4) is 17.5 Å². The number of nitrogens with two attached hydrogens (primary N) is 1. The number of nitrogens with zero attached hydrogens (tertiary/aromatic N) is 6. The largest absolute Gasteiger partial charge is 0.449 e. The van der Waals surface area contributed by atoms with Gasteiger partial charge in [-0.3, -0.25) is 0 Å². The third-order valence-corrected chi connectivity index (χ3v) is 3.63. The molecular weight excluding hydrogens is 322 g/mol. The summed E-state index contributed by atoms with van der Waals surface area (Å²) in [7, 11) is 0. The van der Waals surface area contributed by atoms with Gasteiger partial charge in [0.1, 0.15) is 11.8 Å². The summed E-state index contributed by atoms with van der Waals surface area (Å²) >= 11 is 0. The van der Waals surface area contributed by atoms with Crippen molar-refractivity contribution in [3.63, 3.8) is 0 Å². The van der Waals surface area contributed by atoms with E-state index in [4.69, 9.17) is 14.9 Å². The van der Waals surface area contributed by atoms with Gasteiger partial charge in [0, 0.05) is 12.1 Å². The molecule has 0 spiro atoms. The van der Waals surface area contributed by atoms with Crippen molar-refractivity contribution in [2.75, 3.05) is 12.3 Å². The molecule has 0 bridgehead atoms. The number of anilines is 1. The van der Waals surface area contributed by atoms with Crippen molar-refractivity contribution in [1.29, 1.82) is 0 Å². The van der Waals surface area contributed by atoms with Crippen molar-refractivity contribution in [2.24, 2.45) is 0 Å². The van der Waals surface area contributed by atoms with Gasteiger partial charge in [0.15, 0.2) is 11.5 Å². The topological polar surface area (TPSA) is 118 Å². The van der Waals surface area contributed by atoms with E-state index < -0.39 is 0 Å². The van der Waals surface area contributed by atoms with Gasteiger partial charge in [-0.25, -0.2) is 15.0 Å². The van der Waals surface area contributed by atoms with Crippen LogP contribution in [0.15, 0.2) is 47.4 Å². The highest BCUT2D eigenvalue weighted by Crippen LogP contribution is 2.20. The molecule has 9 heteroatoms. The van der Waals surface area contributed by atoms with E-state index in [2.05, 4.69) is 25.1 Å². The first-order valence-corrected chi connectivity index (χ1v) is 7.74. The predicted octanol–water partition coefficient (Wildman–Crippen LogP) is 1.93. The van der Waals surface area contributed by atoms with Crippen LogP contribution < -0.4 is 10.5 Å². The van der Waals surface area contributed by atoms with E-state index in [1.807, 2.05) is 34.9 Å². The van der Waals surface area contributed by atoms with E-state index in [0.717, 1.165) is 12.0 Å². The summed E-state index contributed by atoms with van der Waals surface area (Å²) in [4.78, 5) is 12.3. The zero-order chi connectivity index (χ0) is 17.1. The maximum atomic E-state index is 5.77. The molecule has 9 nitrogen and oxygen atoms in total. The summed E-state index contributed by atoms with van der Waals surface area (Å²) in [5.41, 5.74) is 7.93. The van der Waals surface area contributed by atoms with Gasteiger partial charge >= 0.3 is 6.08 Å². The molecule has 2 N–H and O–H groups in total. The number of rotatable bonds is 6. The number of hydrogen-bond donors (Lipinski definition) is 1. The molecule has 0 aliphatic rings. The van der Waals surface area contributed by atoms with E-state index in [9.17, 15) is 0 Å². The molecule has 25 heavy (non-hydrogen) atoms. The minimum absolute atomic E-state index is 0.154. The summed E-state index contributed by atoms with van der Waals surface area (Å²) in [6.45, 7) is 1.10. The number of benzene rings is 1. The third-order valence-electron chi connectivity index (χ3n) is 3.63. The zero-order valence-electron chi connectivity index (χ0n) is 13.2. The summed E-state index contributed by atoms with van der Waals surface area (Å²) in [5, 5.41) is 7.87. The Labute approximate surface area is 142 Å². The van der Waals surface area contributed by atoms with Gasteiger partial charge in [0.05, 0.1) is 12.9 Å². The van der Waals surface area contributed by atoms with Crippen molar-refractivity contribution < 1.29 is 9.15 Å². The number of ether oxygens (including phenoxy) is 1. The number of aromatic nitrogens is 6. The lowest BCUT2D eigenvalue weighted by molar-refractivity contribution is 0.225. The average Bonchev–Trinajstić information content (AvgIpc) is 3.28. The van der Waals surface area contributed by atoms with Crippen LogP contribution in [-0.4, -0.2) is 36.3 Å². The second-order valence-corrected chi connectivity index (χ2v) is 5.31. The quantitative estimate of drug-likeness (QED) is 0.530. The molecule has 1 aromatic carbocycles. The molecule has 0 saturated carbocycles. The molecule has 0 aliphatic carbocycles. The van der Waals surface area contributed by atoms with Crippen LogP contribution in [0.2, 0.25) is 0 Å². The van der Waals surface area contributed by atoms with Crippen molar-refractivity contribution in [3.05, 3.63) is 43.0 Å². The van der Waals surface area contributed by atoms with Crippen LogP contribution in [0.25, 0.3) is 22.6 Å². The van der Waals surface area contributed by atoms with Gasteiger partial charge in [0.2, 0.25) is 0 Å². The lowest BCUT2D eigenvalue weighted by Gasteiger charge is -2.03. The Kier molecular flexibility index (Phi) is 3.95. The molecule has 0 saturated heterocycles. The SMILES string of the molecule is Nc1ncnc2c1ncn2CCCOc1nnc(-c2ccccc2)o1. The highest BCUT2D eigenvalue weighted by Gasteiger charge is 2.10. The molecule has 126 valence electrons. The van der Waals surface area contributed by atoms with E-state index in [1.165, 1.54) is 6.33 Å². The Balaban J connectivity index is 1.34. The molecule has 0 fully saturated rings. The molecule has 4 rings (SSSR count). The molecule has 3 aromatic heterocycles. The second kappa shape index (κ2) is 6.56. The number of hydrogen-bond acceptors (Lipinski definition) is 8. The Bertz CT molecular complexity index is 980. The summed E-state index contributed by atoms with van der Waals surface area (Å²) in [5.74, 6) is 0.808. The van der Waals surface area contributed by atoms with Crippen molar-refractivity contribution in [2.45, 2.75) is 13.0 Å². The van der Waals surface area contributed by atoms with Crippen LogP contribution in [0.3, 0.4) is 0 Å². The maximum Gasteiger partial charge on any atom is 0.414 e. The highest BCUT2D eigenvalue weighted by atomic mass is 16.6. The molecule has 3 heterocycles. The molecular formula is C16H15N7O2. The van der Waals surface area contributed by atoms with Gasteiger partial charge in [-0.05, 0) is 18.6 Å². The Hall–Kier alpha value is -3.49. The van der Waals surface area contributed by atoms with Crippen molar-refractivity contribution in [1.82, 2.24) is 29.7 Å². The number of fused-ring (bicyclic) bond motifs is 1. The van der Waals surface area contributed by atoms with Crippen LogP contribution in [0, 0.1) is 0 Å². The first-order valence-electron chi connectivity index (χ1n) is 7.74. The first-order chi connectivity index (χ1) is 12.3. The summed E-state index contributed by atoms with van der Waals surface area (Å²) in [6.07, 6.45) is 3.99. The molecule has 0 aliphatic heterocycles. The first kappa shape index (κ1) is 15.1. The van der Waals surface area contributed by atoms with E-state index in [0.29, 0.717) is 36.0 Å². The minimum atomic E-state index is 0.154. The third kappa shape index (κ3) is 3.11. The second-order valence-electron chi connectivity index (χ2n) is 5.31. The normalized spacial score (nSPS) is 11.0. The fraction of sp³-hybridized carbons (Fsp3) is 0.188. The Morgan fingerprint density at radius 1 is 1.08 bits per heavy atom. The molecule has 0 atom stereocenters. The van der Waals surface area contributed by atoms with E-state index in [1.54, 1.807) is 6.33 Å². The number of aryl methyl sites for hydroxylation is 1. The summed E-state index contributed by atoms with van der Waals surface area (Å²) < 4.78 is 12.9. The molecule has 0 unspecified atom stereocenters. The molecule has 4 aromatic rings. The van der Waals surface area contributed by atoms with Gasteiger partial charge in [0.25, 0.3) is 5.89 Å². The van der Waals surface area contributed by atoms with Gasteiger partial charge < -0.3 is 19.5 Å². The standard InChI is InChI=1S/C16H15N7O2/c17-13-12-14(19-9-18-13)23(10-20-12)7-4-8-24-16-22-21-15(25-16)11-5-2-1-3-6-11/h1-3,5-6,9-10H,4,7-8H2,(H2,17,18,19). The smallest absolute Gasteiger partial charge is 0.414 e. The van der Waals surface area contributed by atoms with Gasteiger partial charge in [-0.15, -0.1) is 5.10 Å². The van der Waals surface area contributed by atoms with Crippen LogP contribution >= 0.6 is 0 Å². The summed E-state index contributed by atoms with van der Waals surface area (Å²) in [6, 6.07) is 9.54. The fourth-order valence-electron chi connectivity index (χ4n) is 2.42. The minimum Gasteiger partial charge on any atom is -0.449 e. The number of imidazole rings is 1. The average molecular weight is 337 g/mol. The van der Waals surface area contributed by atoms with E-state index in [-0.39, 0.29) is 6.08 Å².